The van der Waals surface area contributed by atoms with Gasteiger partial charge in [-0.15, -0.1) is 0 Å². The lowest BCUT2D eigenvalue weighted by Gasteiger charge is -2.09. The maximum atomic E-state index is 11.4. The number of nitrogens with one attached hydrogen (secondary N) is 1. The van der Waals surface area contributed by atoms with Gasteiger partial charge in [0.1, 0.15) is 25.6 Å². The molecule has 19 nitrogen and oxygen atoms in total. The maximum absolute atomic E-state index is 11.4. The molecule has 0 heterocycles. The van der Waals surface area contributed by atoms with Crippen molar-refractivity contribution in [3.63, 3.8) is 0 Å². The summed E-state index contributed by atoms with van der Waals surface area (Å²) in [5.74, 6) is -0.763. The van der Waals surface area contributed by atoms with Crippen molar-refractivity contribution in [2.24, 2.45) is 0 Å². The van der Waals surface area contributed by atoms with Crippen LogP contribution in [-0.4, -0.2) is 202 Å². The Hall–Kier alpha value is -2.76. The number of carboxylic acid groups (broad SMARTS) is 1. The van der Waals surface area contributed by atoms with Crippen molar-refractivity contribution in [3.05, 3.63) is 24.3 Å². The average Bonchev–Trinajstić information content (AvgIpc) is 3.17. The van der Waals surface area contributed by atoms with Gasteiger partial charge in [0, 0.05) is 12.2 Å². The van der Waals surface area contributed by atoms with E-state index >= 15 is 0 Å². The Kier molecular flexibility index (Phi) is 37.4. The Bertz CT molecular complexity index is 980. The van der Waals surface area contributed by atoms with Crippen LogP contribution in [0, 0.1) is 0 Å². The molecule has 4 N–H and O–H groups in total. The number of carbonyl (C=O) groups excluding carboxylic acids is 1. The zero-order valence-electron chi connectivity index (χ0n) is 32.2. The fraction of sp³-hybridized carbons (Fsp3) is 0.778. The van der Waals surface area contributed by atoms with Crippen molar-refractivity contribution in [1.29, 1.82) is 0 Å². The summed E-state index contributed by atoms with van der Waals surface area (Å²) in [5.41, 5.74) is 6.35. The Morgan fingerprint density at radius 1 is 0.418 bits per heavy atom. The number of carbonyl (C=O) groups is 2. The SMILES string of the molecule is Nc1ccc(OCCOCCOCCOCCOCCOCCOCCOCCOCCOCCOCCOCCOCCNC(=O)COCC(=O)O)cc1. The highest BCUT2D eigenvalue weighted by Crippen LogP contribution is 2.12. The van der Waals surface area contributed by atoms with Gasteiger partial charge in [-0.25, -0.2) is 4.79 Å². The number of anilines is 1. The zero-order chi connectivity index (χ0) is 39.5. The van der Waals surface area contributed by atoms with E-state index in [1.807, 2.05) is 12.1 Å². The summed E-state index contributed by atoms with van der Waals surface area (Å²) in [6.07, 6.45) is 0. The van der Waals surface area contributed by atoms with E-state index in [1.54, 1.807) is 12.1 Å². The van der Waals surface area contributed by atoms with Crippen LogP contribution in [0.2, 0.25) is 0 Å². The topological polar surface area (TPSA) is 222 Å². The molecule has 320 valence electrons. The van der Waals surface area contributed by atoms with Crippen molar-refractivity contribution in [1.82, 2.24) is 5.32 Å². The van der Waals surface area contributed by atoms with Gasteiger partial charge in [0.15, 0.2) is 0 Å². The standard InChI is InChI=1S/C36H64N2O17/c37-33-1-3-34(4-2-33)55-30-29-53-28-27-52-26-25-51-24-23-50-22-21-49-20-19-48-18-17-47-16-15-46-14-13-45-12-11-44-10-9-43-8-7-42-6-5-38-35(39)31-54-32-36(40)41/h1-4H,5-32,37H2,(H,38,39)(H,40,41). The first-order valence-electron chi connectivity index (χ1n) is 18.6. The quantitative estimate of drug-likeness (QED) is 0.0587. The molecule has 19 heteroatoms. The Labute approximate surface area is 324 Å². The minimum Gasteiger partial charge on any atom is -0.491 e. The van der Waals surface area contributed by atoms with Gasteiger partial charge >= 0.3 is 5.97 Å². The summed E-state index contributed by atoms with van der Waals surface area (Å²) in [6.45, 7) is 11.0. The van der Waals surface area contributed by atoms with Crippen molar-refractivity contribution >= 4 is 17.6 Å². The Balaban J connectivity index is 1.62. The number of aliphatic carboxylic acids is 1. The first-order valence-corrected chi connectivity index (χ1v) is 18.6. The van der Waals surface area contributed by atoms with Gasteiger partial charge in [0.05, 0.1) is 159 Å². The van der Waals surface area contributed by atoms with E-state index in [9.17, 15) is 9.59 Å². The third kappa shape index (κ3) is 39.3. The van der Waals surface area contributed by atoms with Crippen molar-refractivity contribution in [2.45, 2.75) is 0 Å². The van der Waals surface area contributed by atoms with Crippen LogP contribution in [0.1, 0.15) is 0 Å². The third-order valence-electron chi connectivity index (χ3n) is 6.50. The molecule has 0 unspecified atom stereocenters. The van der Waals surface area contributed by atoms with Crippen molar-refractivity contribution in [3.8, 4) is 5.75 Å². The molecule has 1 aromatic carbocycles. The lowest BCUT2D eigenvalue weighted by atomic mass is 10.3. The van der Waals surface area contributed by atoms with Crippen LogP contribution in [0.25, 0.3) is 0 Å². The molecule has 0 atom stereocenters. The van der Waals surface area contributed by atoms with Gasteiger partial charge in [-0.1, -0.05) is 0 Å². The summed E-state index contributed by atoms with van der Waals surface area (Å²) in [6, 6.07) is 7.24. The van der Waals surface area contributed by atoms with Gasteiger partial charge in [0.2, 0.25) is 5.91 Å². The van der Waals surface area contributed by atoms with E-state index in [1.165, 1.54) is 0 Å². The minimum absolute atomic E-state index is 0.296. The number of nitrogen functional groups attached to an aromatic ring is 1. The van der Waals surface area contributed by atoms with Crippen molar-refractivity contribution in [2.75, 3.05) is 191 Å². The molecular formula is C36H64N2O17. The van der Waals surface area contributed by atoms with Crippen LogP contribution in [0.15, 0.2) is 24.3 Å². The van der Waals surface area contributed by atoms with E-state index in [2.05, 4.69) is 10.1 Å². The van der Waals surface area contributed by atoms with E-state index < -0.39 is 18.5 Å². The molecule has 0 saturated carbocycles. The molecule has 0 fully saturated rings. The highest BCUT2D eigenvalue weighted by molar-refractivity contribution is 5.77. The number of hydrogen-bond donors (Lipinski definition) is 3. The van der Waals surface area contributed by atoms with Crippen LogP contribution in [-0.2, 0) is 71.2 Å². The first kappa shape index (κ1) is 50.3. The van der Waals surface area contributed by atoms with Crippen molar-refractivity contribution < 1.29 is 81.0 Å². The number of ether oxygens (including phenoxy) is 14. The van der Waals surface area contributed by atoms with Gasteiger partial charge in [-0.3, -0.25) is 4.79 Å². The van der Waals surface area contributed by atoms with Gasteiger partial charge in [-0.2, -0.15) is 0 Å². The lowest BCUT2D eigenvalue weighted by Crippen LogP contribution is -2.31. The Morgan fingerprint density at radius 2 is 0.709 bits per heavy atom. The molecule has 0 aromatic heterocycles. The smallest absolute Gasteiger partial charge is 0.329 e. The summed E-state index contributed by atoms with van der Waals surface area (Å²) in [5, 5.41) is 11.0. The van der Waals surface area contributed by atoms with E-state index in [4.69, 9.17) is 72.4 Å². The number of rotatable bonds is 44. The number of amides is 1. The first-order chi connectivity index (χ1) is 27.1. The predicted octanol–water partition coefficient (Wildman–Crippen LogP) is 0.0642. The molecule has 1 aromatic rings. The highest BCUT2D eigenvalue weighted by atomic mass is 16.6. The Morgan fingerprint density at radius 3 is 1.02 bits per heavy atom. The van der Waals surface area contributed by atoms with Crippen LogP contribution in [0.4, 0.5) is 5.69 Å². The molecule has 1 rings (SSSR count). The molecule has 0 aliphatic heterocycles. The largest absolute Gasteiger partial charge is 0.491 e. The van der Waals surface area contributed by atoms with Gasteiger partial charge < -0.3 is 82.5 Å². The van der Waals surface area contributed by atoms with E-state index in [0.717, 1.165) is 5.75 Å². The molecule has 0 bridgehead atoms. The minimum atomic E-state index is -1.13. The fourth-order valence-corrected chi connectivity index (χ4v) is 3.85. The molecule has 0 aliphatic rings. The third-order valence-corrected chi connectivity index (χ3v) is 6.50. The predicted molar refractivity (Wildman–Crippen MR) is 198 cm³/mol. The maximum Gasteiger partial charge on any atom is 0.329 e. The fourth-order valence-electron chi connectivity index (χ4n) is 3.85. The van der Waals surface area contributed by atoms with Crippen LogP contribution in [0.5, 0.6) is 5.75 Å². The van der Waals surface area contributed by atoms with Gasteiger partial charge in [0.25, 0.3) is 0 Å². The second-order valence-electron chi connectivity index (χ2n) is 11.0. The molecule has 0 aliphatic carbocycles. The molecule has 0 radical (unpaired) electrons. The second kappa shape index (κ2) is 40.9. The summed E-state index contributed by atoms with van der Waals surface area (Å²) in [7, 11) is 0. The van der Waals surface area contributed by atoms with Gasteiger partial charge in [-0.05, 0) is 24.3 Å². The lowest BCUT2D eigenvalue weighted by molar-refractivity contribution is -0.143. The second-order valence-corrected chi connectivity index (χ2v) is 11.0. The summed E-state index contributed by atoms with van der Waals surface area (Å²) >= 11 is 0. The number of carboxylic acids is 1. The number of benzene rings is 1. The summed E-state index contributed by atoms with van der Waals surface area (Å²) in [4.78, 5) is 21.7. The molecule has 0 spiro atoms. The molecule has 1 amide bonds. The van der Waals surface area contributed by atoms with Crippen LogP contribution in [0.3, 0.4) is 0 Å². The van der Waals surface area contributed by atoms with Crippen LogP contribution >= 0.6 is 0 Å². The average molecular weight is 797 g/mol. The summed E-state index contributed by atoms with van der Waals surface area (Å²) < 4.78 is 75.7. The number of hydrogen-bond acceptors (Lipinski definition) is 17. The van der Waals surface area contributed by atoms with E-state index in [-0.39, 0.29) is 6.61 Å². The number of nitrogens with two attached hydrogens (primary N) is 1. The molecule has 55 heavy (non-hydrogen) atoms. The normalized spacial score (nSPS) is 11.3. The molecular weight excluding hydrogens is 732 g/mol. The van der Waals surface area contributed by atoms with E-state index in [0.29, 0.717) is 177 Å². The van der Waals surface area contributed by atoms with Crippen LogP contribution < -0.4 is 15.8 Å². The highest BCUT2D eigenvalue weighted by Gasteiger charge is 2.03. The monoisotopic (exact) mass is 796 g/mol. The molecule has 0 saturated heterocycles. The zero-order valence-corrected chi connectivity index (χ0v) is 32.2.